The number of methoxy groups -OCH3 is 1. The first-order chi connectivity index (χ1) is 6.99. The molecule has 0 saturated heterocycles. The zero-order chi connectivity index (χ0) is 11.5. The van der Waals surface area contributed by atoms with Crippen LogP contribution in [0.4, 0.5) is 0 Å². The summed E-state index contributed by atoms with van der Waals surface area (Å²) in [6.07, 6.45) is 3.51. The van der Waals surface area contributed by atoms with E-state index in [1.54, 1.807) is 6.33 Å². The smallest absolute Gasteiger partial charge is 0.313 e. The van der Waals surface area contributed by atoms with E-state index in [9.17, 15) is 4.79 Å². The Morgan fingerprint density at radius 1 is 1.67 bits per heavy atom. The molecule has 0 atom stereocenters. The average Bonchev–Trinajstić information content (AvgIpc) is 2.63. The summed E-state index contributed by atoms with van der Waals surface area (Å²) in [6.45, 7) is 4.61. The predicted molar refractivity (Wildman–Crippen MR) is 55.9 cm³/mol. The van der Waals surface area contributed by atoms with Gasteiger partial charge >= 0.3 is 5.97 Å². The molecule has 1 aromatic rings. The fourth-order valence-corrected chi connectivity index (χ4v) is 1.40. The highest BCUT2D eigenvalue weighted by atomic mass is 16.5. The Labute approximate surface area is 89.2 Å². The molecular weight excluding hydrogens is 194 g/mol. The van der Waals surface area contributed by atoms with Gasteiger partial charge in [0.25, 0.3) is 0 Å². The Balaban J connectivity index is 2.72. The summed E-state index contributed by atoms with van der Waals surface area (Å²) in [7, 11) is 1.39. The number of hydrogen-bond donors (Lipinski definition) is 1. The predicted octanol–water partition coefficient (Wildman–Crippen LogP) is 0.541. The van der Waals surface area contributed by atoms with Gasteiger partial charge in [-0.15, -0.1) is 0 Å². The van der Waals surface area contributed by atoms with Crippen molar-refractivity contribution in [3.05, 3.63) is 18.2 Å². The van der Waals surface area contributed by atoms with E-state index in [1.807, 2.05) is 24.6 Å². The Morgan fingerprint density at radius 3 is 2.80 bits per heavy atom. The third kappa shape index (κ3) is 2.79. The van der Waals surface area contributed by atoms with Crippen LogP contribution in [-0.4, -0.2) is 22.6 Å². The third-order valence-electron chi connectivity index (χ3n) is 2.21. The van der Waals surface area contributed by atoms with E-state index in [0.717, 1.165) is 5.69 Å². The second kappa shape index (κ2) is 4.44. The molecule has 84 valence electrons. The Morgan fingerprint density at radius 2 is 2.33 bits per heavy atom. The zero-order valence-corrected chi connectivity index (χ0v) is 9.36. The molecule has 0 aliphatic rings. The van der Waals surface area contributed by atoms with Crippen molar-refractivity contribution in [2.75, 3.05) is 7.11 Å². The third-order valence-corrected chi connectivity index (χ3v) is 2.21. The van der Waals surface area contributed by atoms with Crippen LogP contribution in [0, 0.1) is 5.41 Å². The highest BCUT2D eigenvalue weighted by molar-refractivity contribution is 5.75. The monoisotopic (exact) mass is 211 g/mol. The summed E-state index contributed by atoms with van der Waals surface area (Å²) < 4.78 is 6.57. The minimum absolute atomic E-state index is 0.231. The van der Waals surface area contributed by atoms with Crippen LogP contribution in [0.1, 0.15) is 19.5 Å². The van der Waals surface area contributed by atoms with Crippen LogP contribution in [0.5, 0.6) is 0 Å². The average molecular weight is 211 g/mol. The van der Waals surface area contributed by atoms with Gasteiger partial charge in [0.2, 0.25) is 0 Å². The Kier molecular flexibility index (Phi) is 3.47. The maximum Gasteiger partial charge on any atom is 0.313 e. The quantitative estimate of drug-likeness (QED) is 0.738. The van der Waals surface area contributed by atoms with E-state index >= 15 is 0 Å². The summed E-state index contributed by atoms with van der Waals surface area (Å²) in [6, 6.07) is 0. The lowest BCUT2D eigenvalue weighted by atomic mass is 9.94. The van der Waals surface area contributed by atoms with Gasteiger partial charge in [-0.2, -0.15) is 0 Å². The fraction of sp³-hybridized carbons (Fsp3) is 0.600. The molecule has 0 amide bonds. The molecule has 0 aliphatic heterocycles. The summed E-state index contributed by atoms with van der Waals surface area (Å²) in [5, 5.41) is 0. The first-order valence-corrected chi connectivity index (χ1v) is 4.78. The van der Waals surface area contributed by atoms with Crippen molar-refractivity contribution >= 4 is 5.97 Å². The topological polar surface area (TPSA) is 70.1 Å². The van der Waals surface area contributed by atoms with Gasteiger partial charge in [0.1, 0.15) is 0 Å². The van der Waals surface area contributed by atoms with E-state index < -0.39 is 5.41 Å². The van der Waals surface area contributed by atoms with E-state index in [1.165, 1.54) is 7.11 Å². The lowest BCUT2D eigenvalue weighted by Gasteiger charge is -2.21. The number of ether oxygens (including phenoxy) is 1. The van der Waals surface area contributed by atoms with Gasteiger partial charge in [-0.25, -0.2) is 4.98 Å². The van der Waals surface area contributed by atoms with Gasteiger partial charge in [-0.1, -0.05) is 0 Å². The van der Waals surface area contributed by atoms with Crippen LogP contribution >= 0.6 is 0 Å². The van der Waals surface area contributed by atoms with Crippen LogP contribution < -0.4 is 5.73 Å². The maximum atomic E-state index is 11.4. The number of carbonyl (C=O) groups excluding carboxylic acids is 1. The molecule has 5 heteroatoms. The second-order valence-corrected chi connectivity index (χ2v) is 4.12. The highest BCUT2D eigenvalue weighted by Crippen LogP contribution is 2.19. The van der Waals surface area contributed by atoms with Crippen molar-refractivity contribution in [1.29, 1.82) is 0 Å². The van der Waals surface area contributed by atoms with Gasteiger partial charge < -0.3 is 15.0 Å². The number of nitrogens with two attached hydrogens (primary N) is 1. The minimum atomic E-state index is -0.554. The minimum Gasteiger partial charge on any atom is -0.469 e. The molecule has 1 heterocycles. The number of nitrogens with zero attached hydrogens (tertiary/aromatic N) is 2. The molecule has 0 unspecified atom stereocenters. The highest BCUT2D eigenvalue weighted by Gasteiger charge is 2.29. The number of esters is 1. The molecule has 0 fully saturated rings. The van der Waals surface area contributed by atoms with Crippen molar-refractivity contribution in [1.82, 2.24) is 9.55 Å². The van der Waals surface area contributed by atoms with E-state index in [0.29, 0.717) is 13.1 Å². The standard InChI is InChI=1S/C10H17N3O2/c1-10(2,9(14)15-3)6-13-5-8(4-11)12-7-13/h5,7H,4,6,11H2,1-3H3. The van der Waals surface area contributed by atoms with Crippen molar-refractivity contribution in [2.45, 2.75) is 26.9 Å². The van der Waals surface area contributed by atoms with Gasteiger partial charge in [-0.05, 0) is 13.8 Å². The Bertz CT molecular complexity index is 344. The number of hydrogen-bond acceptors (Lipinski definition) is 4. The molecule has 0 saturated carbocycles. The molecule has 0 spiro atoms. The second-order valence-electron chi connectivity index (χ2n) is 4.12. The lowest BCUT2D eigenvalue weighted by molar-refractivity contribution is -0.151. The zero-order valence-electron chi connectivity index (χ0n) is 9.36. The van der Waals surface area contributed by atoms with Crippen LogP contribution in [0.15, 0.2) is 12.5 Å². The molecule has 0 radical (unpaired) electrons. The van der Waals surface area contributed by atoms with Crippen LogP contribution in [0.25, 0.3) is 0 Å². The van der Waals surface area contributed by atoms with Gasteiger partial charge in [0.15, 0.2) is 0 Å². The number of aromatic nitrogens is 2. The molecule has 0 aliphatic carbocycles. The van der Waals surface area contributed by atoms with Crippen LogP contribution in [0.3, 0.4) is 0 Å². The molecule has 1 rings (SSSR count). The molecule has 5 nitrogen and oxygen atoms in total. The summed E-state index contributed by atoms with van der Waals surface area (Å²) >= 11 is 0. The molecular formula is C10H17N3O2. The normalized spacial score (nSPS) is 11.5. The van der Waals surface area contributed by atoms with Crippen LogP contribution in [-0.2, 0) is 22.6 Å². The van der Waals surface area contributed by atoms with Crippen molar-refractivity contribution in [3.8, 4) is 0 Å². The van der Waals surface area contributed by atoms with Gasteiger partial charge in [0.05, 0.1) is 24.5 Å². The largest absolute Gasteiger partial charge is 0.469 e. The number of carbonyl (C=O) groups is 1. The van der Waals surface area contributed by atoms with Crippen molar-refractivity contribution in [2.24, 2.45) is 11.1 Å². The summed E-state index contributed by atoms with van der Waals surface area (Å²) in [4.78, 5) is 15.5. The van der Waals surface area contributed by atoms with E-state index in [4.69, 9.17) is 10.5 Å². The Hall–Kier alpha value is -1.36. The van der Waals surface area contributed by atoms with Gasteiger partial charge in [0, 0.05) is 19.3 Å². The molecule has 0 bridgehead atoms. The SMILES string of the molecule is COC(=O)C(C)(C)Cn1cnc(CN)c1. The van der Waals surface area contributed by atoms with Crippen molar-refractivity contribution < 1.29 is 9.53 Å². The molecule has 2 N–H and O–H groups in total. The first-order valence-electron chi connectivity index (χ1n) is 4.78. The number of rotatable bonds is 4. The fourth-order valence-electron chi connectivity index (χ4n) is 1.40. The van der Waals surface area contributed by atoms with E-state index in [-0.39, 0.29) is 5.97 Å². The number of imidazole rings is 1. The van der Waals surface area contributed by atoms with E-state index in [2.05, 4.69) is 4.98 Å². The van der Waals surface area contributed by atoms with Crippen molar-refractivity contribution in [3.63, 3.8) is 0 Å². The van der Waals surface area contributed by atoms with Gasteiger partial charge in [-0.3, -0.25) is 4.79 Å². The first kappa shape index (κ1) is 11.7. The molecule has 15 heavy (non-hydrogen) atoms. The lowest BCUT2D eigenvalue weighted by Crippen LogP contribution is -2.30. The van der Waals surface area contributed by atoms with Crippen LogP contribution in [0.2, 0.25) is 0 Å². The molecule has 1 aromatic heterocycles. The molecule has 0 aromatic carbocycles. The summed E-state index contributed by atoms with van der Waals surface area (Å²) in [5.74, 6) is -0.231. The summed E-state index contributed by atoms with van der Waals surface area (Å²) in [5.41, 5.74) is 5.71. The maximum absolute atomic E-state index is 11.4.